The summed E-state index contributed by atoms with van der Waals surface area (Å²) in [6.07, 6.45) is 2.38. The van der Waals surface area contributed by atoms with Crippen LogP contribution < -0.4 is 9.62 Å². The molecule has 1 N–H and O–H groups in total. The summed E-state index contributed by atoms with van der Waals surface area (Å²) in [6.45, 7) is 4.43. The van der Waals surface area contributed by atoms with Crippen molar-refractivity contribution in [3.8, 4) is 0 Å². The molecule has 1 aromatic carbocycles. The minimum absolute atomic E-state index is 0.0373. The van der Waals surface area contributed by atoms with E-state index in [1.165, 1.54) is 5.56 Å². The Bertz CT molecular complexity index is 908. The molecule has 6 nitrogen and oxygen atoms in total. The zero-order valence-electron chi connectivity index (χ0n) is 15.8. The van der Waals surface area contributed by atoms with Crippen LogP contribution in [0, 0.1) is 5.92 Å². The SMILES string of the molecule is C[C@H]1[C@H](NS(=O)(=O)N2CCCN(c3ccc(Cl)cn3)CC2)[C@H]1c1ccccc1. The number of pyridine rings is 1. The summed E-state index contributed by atoms with van der Waals surface area (Å²) in [5.41, 5.74) is 1.19. The van der Waals surface area contributed by atoms with Crippen molar-refractivity contribution >= 4 is 27.6 Å². The Balaban J connectivity index is 1.39. The summed E-state index contributed by atoms with van der Waals surface area (Å²) in [4.78, 5) is 6.46. The number of hydrogen-bond acceptors (Lipinski definition) is 4. The molecule has 1 aliphatic carbocycles. The van der Waals surface area contributed by atoms with Crippen LogP contribution in [-0.2, 0) is 10.2 Å². The van der Waals surface area contributed by atoms with E-state index in [9.17, 15) is 8.42 Å². The van der Waals surface area contributed by atoms with E-state index in [1.54, 1.807) is 10.5 Å². The van der Waals surface area contributed by atoms with Crippen LogP contribution in [-0.4, -0.2) is 49.9 Å². The lowest BCUT2D eigenvalue weighted by molar-refractivity contribution is 0.422. The zero-order chi connectivity index (χ0) is 19.7. The lowest BCUT2D eigenvalue weighted by Crippen LogP contribution is -2.44. The van der Waals surface area contributed by atoms with E-state index in [2.05, 4.69) is 33.7 Å². The van der Waals surface area contributed by atoms with Gasteiger partial charge in [-0.25, -0.2) is 4.98 Å². The second kappa shape index (κ2) is 7.99. The van der Waals surface area contributed by atoms with Crippen molar-refractivity contribution in [2.75, 3.05) is 31.1 Å². The Hall–Kier alpha value is -1.67. The van der Waals surface area contributed by atoms with Gasteiger partial charge in [-0.2, -0.15) is 17.4 Å². The summed E-state index contributed by atoms with van der Waals surface area (Å²) in [7, 11) is -3.51. The van der Waals surface area contributed by atoms with Crippen molar-refractivity contribution in [2.45, 2.75) is 25.3 Å². The van der Waals surface area contributed by atoms with E-state index in [-0.39, 0.29) is 12.0 Å². The Labute approximate surface area is 171 Å². The summed E-state index contributed by atoms with van der Waals surface area (Å²) in [6, 6.07) is 13.8. The Morgan fingerprint density at radius 1 is 1.07 bits per heavy atom. The molecule has 8 heteroatoms. The maximum atomic E-state index is 13.0. The maximum Gasteiger partial charge on any atom is 0.279 e. The molecule has 1 saturated carbocycles. The first-order valence-corrected chi connectivity index (χ1v) is 11.5. The molecule has 0 amide bonds. The number of aromatic nitrogens is 1. The van der Waals surface area contributed by atoms with Gasteiger partial charge in [0, 0.05) is 44.3 Å². The van der Waals surface area contributed by atoms with Crippen LogP contribution in [0.3, 0.4) is 0 Å². The molecule has 2 heterocycles. The molecule has 2 aromatic rings. The van der Waals surface area contributed by atoms with Crippen LogP contribution in [0.25, 0.3) is 0 Å². The van der Waals surface area contributed by atoms with E-state index in [0.29, 0.717) is 30.6 Å². The quantitative estimate of drug-likeness (QED) is 0.807. The predicted octanol–water partition coefficient (Wildman–Crippen LogP) is 2.88. The normalized spacial score (nSPS) is 26.1. The molecular formula is C20H25ClN4O2S. The average molecular weight is 421 g/mol. The van der Waals surface area contributed by atoms with Crippen molar-refractivity contribution in [3.63, 3.8) is 0 Å². The zero-order valence-corrected chi connectivity index (χ0v) is 17.4. The summed E-state index contributed by atoms with van der Waals surface area (Å²) >= 11 is 5.91. The van der Waals surface area contributed by atoms with Gasteiger partial charge in [0.25, 0.3) is 10.2 Å². The molecule has 4 rings (SSSR count). The van der Waals surface area contributed by atoms with Gasteiger partial charge < -0.3 is 4.90 Å². The van der Waals surface area contributed by atoms with Crippen LogP contribution in [0.1, 0.15) is 24.8 Å². The number of benzene rings is 1. The van der Waals surface area contributed by atoms with E-state index in [4.69, 9.17) is 11.6 Å². The van der Waals surface area contributed by atoms with E-state index < -0.39 is 10.2 Å². The van der Waals surface area contributed by atoms with Gasteiger partial charge in [0.1, 0.15) is 5.82 Å². The van der Waals surface area contributed by atoms with Crippen molar-refractivity contribution in [2.24, 2.45) is 5.92 Å². The van der Waals surface area contributed by atoms with Crippen LogP contribution in [0.5, 0.6) is 0 Å². The summed E-state index contributed by atoms with van der Waals surface area (Å²) < 4.78 is 30.4. The molecule has 1 aliphatic heterocycles. The van der Waals surface area contributed by atoms with Gasteiger partial charge in [-0.3, -0.25) is 0 Å². The monoisotopic (exact) mass is 420 g/mol. The minimum atomic E-state index is -3.51. The molecular weight excluding hydrogens is 396 g/mol. The number of hydrogen-bond donors (Lipinski definition) is 1. The predicted molar refractivity (Wildman–Crippen MR) is 112 cm³/mol. The first-order chi connectivity index (χ1) is 13.5. The van der Waals surface area contributed by atoms with E-state index in [1.807, 2.05) is 30.3 Å². The highest BCUT2D eigenvalue weighted by Gasteiger charge is 2.50. The third kappa shape index (κ3) is 4.17. The molecule has 0 unspecified atom stereocenters. The largest absolute Gasteiger partial charge is 0.355 e. The van der Waals surface area contributed by atoms with Gasteiger partial charge in [-0.1, -0.05) is 48.9 Å². The smallest absolute Gasteiger partial charge is 0.279 e. The highest BCUT2D eigenvalue weighted by molar-refractivity contribution is 7.87. The van der Waals surface area contributed by atoms with Crippen LogP contribution >= 0.6 is 11.6 Å². The molecule has 2 aliphatic rings. The maximum absolute atomic E-state index is 13.0. The fourth-order valence-corrected chi connectivity index (χ4v) is 5.65. The van der Waals surface area contributed by atoms with Gasteiger partial charge in [-0.15, -0.1) is 0 Å². The number of rotatable bonds is 5. The van der Waals surface area contributed by atoms with E-state index in [0.717, 1.165) is 18.8 Å². The number of anilines is 1. The highest BCUT2D eigenvalue weighted by atomic mass is 35.5. The van der Waals surface area contributed by atoms with Crippen molar-refractivity contribution in [1.29, 1.82) is 0 Å². The first kappa shape index (κ1) is 19.6. The third-order valence-electron chi connectivity index (χ3n) is 5.68. The number of halogens is 1. The van der Waals surface area contributed by atoms with Crippen molar-refractivity contribution in [1.82, 2.24) is 14.0 Å². The molecule has 3 atom stereocenters. The van der Waals surface area contributed by atoms with Gasteiger partial charge in [-0.05, 0) is 30.0 Å². The Morgan fingerprint density at radius 3 is 2.57 bits per heavy atom. The standard InChI is InChI=1S/C20H25ClN4O2S/c1-15-19(16-6-3-2-4-7-16)20(15)23-28(26,27)25-11-5-10-24(12-13-25)18-9-8-17(21)14-22-18/h2-4,6-9,14-15,19-20,23H,5,10-13H2,1H3/t15-,19-,20+/m1/s1. The van der Waals surface area contributed by atoms with Gasteiger partial charge >= 0.3 is 0 Å². The van der Waals surface area contributed by atoms with Crippen LogP contribution in [0.2, 0.25) is 5.02 Å². The molecule has 0 radical (unpaired) electrons. The molecule has 150 valence electrons. The van der Waals surface area contributed by atoms with Crippen LogP contribution in [0.4, 0.5) is 5.82 Å². The van der Waals surface area contributed by atoms with Gasteiger partial charge in [0.05, 0.1) is 5.02 Å². The second-order valence-electron chi connectivity index (χ2n) is 7.52. The lowest BCUT2D eigenvalue weighted by atomic mass is 10.1. The fraction of sp³-hybridized carbons (Fsp3) is 0.450. The third-order valence-corrected chi connectivity index (χ3v) is 7.52. The first-order valence-electron chi connectivity index (χ1n) is 9.64. The lowest BCUT2D eigenvalue weighted by Gasteiger charge is -2.23. The topological polar surface area (TPSA) is 65.5 Å². The Morgan fingerprint density at radius 2 is 1.86 bits per heavy atom. The van der Waals surface area contributed by atoms with E-state index >= 15 is 0 Å². The molecule has 2 fully saturated rings. The van der Waals surface area contributed by atoms with Crippen molar-refractivity contribution < 1.29 is 8.42 Å². The van der Waals surface area contributed by atoms with Gasteiger partial charge in [0.15, 0.2) is 0 Å². The van der Waals surface area contributed by atoms with Crippen LogP contribution in [0.15, 0.2) is 48.7 Å². The fourth-order valence-electron chi connectivity index (χ4n) is 3.99. The molecule has 0 spiro atoms. The summed E-state index contributed by atoms with van der Waals surface area (Å²) in [5, 5.41) is 0.596. The second-order valence-corrected chi connectivity index (χ2v) is 9.66. The van der Waals surface area contributed by atoms with Gasteiger partial charge in [0.2, 0.25) is 0 Å². The highest BCUT2D eigenvalue weighted by Crippen LogP contribution is 2.47. The Kier molecular flexibility index (Phi) is 5.60. The molecule has 1 saturated heterocycles. The number of nitrogens with zero attached hydrogens (tertiary/aromatic N) is 3. The molecule has 0 bridgehead atoms. The molecule has 1 aromatic heterocycles. The van der Waals surface area contributed by atoms with Crippen molar-refractivity contribution in [3.05, 3.63) is 59.2 Å². The minimum Gasteiger partial charge on any atom is -0.355 e. The average Bonchev–Trinajstić information content (AvgIpc) is 3.39. The molecule has 28 heavy (non-hydrogen) atoms. The summed E-state index contributed by atoms with van der Waals surface area (Å²) in [5.74, 6) is 1.38. The number of nitrogens with one attached hydrogen (secondary N) is 1.